The maximum atomic E-state index is 5.52. The molecule has 3 nitrogen and oxygen atoms in total. The Labute approximate surface area is 84.7 Å². The number of rotatable bonds is 2. The van der Waals surface area contributed by atoms with Crippen LogP contribution in [0.5, 0.6) is 0 Å². The standard InChI is InChI=1S/C9H10BrN3/c10-9-12-6-8-7(3-4-11)2-1-5-13(8)9/h1-2,5-6H,3-4,11H2. The summed E-state index contributed by atoms with van der Waals surface area (Å²) >= 11 is 3.37. The monoisotopic (exact) mass is 239 g/mol. The van der Waals surface area contributed by atoms with Gasteiger partial charge in [-0.25, -0.2) is 4.98 Å². The summed E-state index contributed by atoms with van der Waals surface area (Å²) in [5.74, 6) is 0. The molecule has 4 heteroatoms. The first-order chi connectivity index (χ1) is 6.33. The zero-order valence-electron chi connectivity index (χ0n) is 7.07. The molecule has 0 aliphatic heterocycles. The molecule has 0 unspecified atom stereocenters. The molecule has 0 atom stereocenters. The van der Waals surface area contributed by atoms with E-state index in [2.05, 4.69) is 27.0 Å². The van der Waals surface area contributed by atoms with Crippen molar-refractivity contribution in [2.24, 2.45) is 5.73 Å². The van der Waals surface area contributed by atoms with Crippen molar-refractivity contribution in [3.05, 3.63) is 34.8 Å². The zero-order valence-corrected chi connectivity index (χ0v) is 8.66. The smallest absolute Gasteiger partial charge is 0.181 e. The lowest BCUT2D eigenvalue weighted by Crippen LogP contribution is -2.03. The summed E-state index contributed by atoms with van der Waals surface area (Å²) in [6.45, 7) is 0.669. The van der Waals surface area contributed by atoms with E-state index in [9.17, 15) is 0 Å². The van der Waals surface area contributed by atoms with E-state index in [0.29, 0.717) is 6.54 Å². The van der Waals surface area contributed by atoms with Crippen molar-refractivity contribution in [1.82, 2.24) is 9.38 Å². The van der Waals surface area contributed by atoms with E-state index < -0.39 is 0 Å². The van der Waals surface area contributed by atoms with E-state index in [-0.39, 0.29) is 0 Å². The number of imidazole rings is 1. The molecule has 0 aromatic carbocycles. The van der Waals surface area contributed by atoms with Gasteiger partial charge in [0.25, 0.3) is 0 Å². The minimum atomic E-state index is 0.669. The summed E-state index contributed by atoms with van der Waals surface area (Å²) < 4.78 is 2.84. The van der Waals surface area contributed by atoms with E-state index >= 15 is 0 Å². The van der Waals surface area contributed by atoms with Gasteiger partial charge in [-0.15, -0.1) is 0 Å². The van der Waals surface area contributed by atoms with Crippen LogP contribution >= 0.6 is 15.9 Å². The molecule has 0 fully saturated rings. The number of hydrogen-bond acceptors (Lipinski definition) is 2. The molecule has 2 aromatic rings. The van der Waals surface area contributed by atoms with Gasteiger partial charge >= 0.3 is 0 Å². The molecule has 68 valence electrons. The third-order valence-corrected chi connectivity index (χ3v) is 2.61. The first-order valence-corrected chi connectivity index (χ1v) is 4.93. The summed E-state index contributed by atoms with van der Waals surface area (Å²) in [6, 6.07) is 4.08. The number of aromatic nitrogens is 2. The van der Waals surface area contributed by atoms with E-state index in [1.54, 1.807) is 0 Å². The van der Waals surface area contributed by atoms with Crippen LogP contribution in [0.1, 0.15) is 5.56 Å². The first kappa shape index (κ1) is 8.72. The number of pyridine rings is 1. The van der Waals surface area contributed by atoms with Crippen LogP contribution in [0.15, 0.2) is 29.3 Å². The normalized spacial score (nSPS) is 10.9. The Kier molecular flexibility index (Phi) is 2.33. The second kappa shape index (κ2) is 3.47. The fraction of sp³-hybridized carbons (Fsp3) is 0.222. The number of nitrogens with zero attached hydrogens (tertiary/aromatic N) is 2. The lowest BCUT2D eigenvalue weighted by molar-refractivity contribution is 0.962. The Morgan fingerprint density at radius 1 is 1.54 bits per heavy atom. The van der Waals surface area contributed by atoms with Gasteiger partial charge in [-0.3, -0.25) is 4.40 Å². The molecule has 0 saturated carbocycles. The number of fused-ring (bicyclic) bond motifs is 1. The van der Waals surface area contributed by atoms with Crippen LogP contribution in [-0.2, 0) is 6.42 Å². The molecule has 13 heavy (non-hydrogen) atoms. The van der Waals surface area contributed by atoms with E-state index in [1.807, 2.05) is 22.9 Å². The summed E-state index contributed by atoms with van der Waals surface area (Å²) in [6.07, 6.45) is 4.73. The van der Waals surface area contributed by atoms with Crippen LogP contribution < -0.4 is 5.73 Å². The second-order valence-electron chi connectivity index (χ2n) is 2.85. The van der Waals surface area contributed by atoms with Gasteiger partial charge in [0, 0.05) is 6.20 Å². The quantitative estimate of drug-likeness (QED) is 0.866. The van der Waals surface area contributed by atoms with E-state index in [1.165, 1.54) is 5.56 Å². The Bertz CT molecular complexity index is 422. The predicted molar refractivity (Wildman–Crippen MR) is 55.7 cm³/mol. The largest absolute Gasteiger partial charge is 0.330 e. The average Bonchev–Trinajstić information content (AvgIpc) is 2.50. The SMILES string of the molecule is NCCc1cccn2c(Br)ncc12. The molecular weight excluding hydrogens is 230 g/mol. The van der Waals surface area contributed by atoms with Crippen molar-refractivity contribution in [3.8, 4) is 0 Å². The van der Waals surface area contributed by atoms with Crippen molar-refractivity contribution in [1.29, 1.82) is 0 Å². The van der Waals surface area contributed by atoms with E-state index in [4.69, 9.17) is 5.73 Å². The van der Waals surface area contributed by atoms with Gasteiger partial charge in [-0.1, -0.05) is 6.07 Å². The number of nitrogens with two attached hydrogens (primary N) is 1. The molecule has 2 N–H and O–H groups in total. The lowest BCUT2D eigenvalue weighted by Gasteiger charge is -2.01. The maximum Gasteiger partial charge on any atom is 0.181 e. The predicted octanol–water partition coefficient (Wildman–Crippen LogP) is 1.60. The van der Waals surface area contributed by atoms with Gasteiger partial charge in [-0.2, -0.15) is 0 Å². The van der Waals surface area contributed by atoms with Crippen molar-refractivity contribution in [2.75, 3.05) is 6.54 Å². The van der Waals surface area contributed by atoms with Gasteiger partial charge in [-0.05, 0) is 40.5 Å². The van der Waals surface area contributed by atoms with Crippen molar-refractivity contribution in [2.45, 2.75) is 6.42 Å². The molecule has 0 amide bonds. The summed E-state index contributed by atoms with van der Waals surface area (Å²) in [7, 11) is 0. The number of hydrogen-bond donors (Lipinski definition) is 1. The molecule has 0 saturated heterocycles. The molecule has 0 radical (unpaired) electrons. The highest BCUT2D eigenvalue weighted by Crippen LogP contribution is 2.16. The Morgan fingerprint density at radius 3 is 3.15 bits per heavy atom. The van der Waals surface area contributed by atoms with Gasteiger partial charge < -0.3 is 5.73 Å². The molecular formula is C9H10BrN3. The topological polar surface area (TPSA) is 43.3 Å². The van der Waals surface area contributed by atoms with E-state index in [0.717, 1.165) is 16.7 Å². The molecule has 0 spiro atoms. The third-order valence-electron chi connectivity index (χ3n) is 2.03. The number of halogens is 1. The second-order valence-corrected chi connectivity index (χ2v) is 3.56. The third kappa shape index (κ3) is 1.47. The molecule has 2 heterocycles. The molecule has 0 aliphatic carbocycles. The highest BCUT2D eigenvalue weighted by atomic mass is 79.9. The van der Waals surface area contributed by atoms with Crippen molar-refractivity contribution < 1.29 is 0 Å². The van der Waals surface area contributed by atoms with Crippen LogP contribution in [0.4, 0.5) is 0 Å². The maximum absolute atomic E-state index is 5.52. The summed E-state index contributed by atoms with van der Waals surface area (Å²) in [5, 5.41) is 0. The minimum absolute atomic E-state index is 0.669. The van der Waals surface area contributed by atoms with Gasteiger partial charge in [0.1, 0.15) is 0 Å². The molecule has 0 bridgehead atoms. The summed E-state index contributed by atoms with van der Waals surface area (Å²) in [5.41, 5.74) is 7.88. The van der Waals surface area contributed by atoms with Crippen LogP contribution in [0.3, 0.4) is 0 Å². The zero-order chi connectivity index (χ0) is 9.26. The van der Waals surface area contributed by atoms with Gasteiger partial charge in [0.15, 0.2) is 4.73 Å². The first-order valence-electron chi connectivity index (χ1n) is 4.13. The molecule has 2 rings (SSSR count). The van der Waals surface area contributed by atoms with Crippen molar-refractivity contribution >= 4 is 21.4 Å². The fourth-order valence-corrected chi connectivity index (χ4v) is 1.83. The Balaban J connectivity index is 2.63. The Morgan fingerprint density at radius 2 is 2.38 bits per heavy atom. The van der Waals surface area contributed by atoms with Gasteiger partial charge in [0.2, 0.25) is 0 Å². The Hall–Kier alpha value is -0.870. The van der Waals surface area contributed by atoms with Crippen LogP contribution in [0, 0.1) is 0 Å². The lowest BCUT2D eigenvalue weighted by atomic mass is 10.2. The van der Waals surface area contributed by atoms with Gasteiger partial charge in [0.05, 0.1) is 11.7 Å². The highest BCUT2D eigenvalue weighted by Gasteiger charge is 2.03. The van der Waals surface area contributed by atoms with Crippen LogP contribution in [0.2, 0.25) is 0 Å². The van der Waals surface area contributed by atoms with Crippen LogP contribution in [0.25, 0.3) is 5.52 Å². The average molecular weight is 240 g/mol. The molecule has 2 aromatic heterocycles. The highest BCUT2D eigenvalue weighted by molar-refractivity contribution is 9.10. The summed E-state index contributed by atoms with van der Waals surface area (Å²) in [4.78, 5) is 4.18. The fourth-order valence-electron chi connectivity index (χ4n) is 1.42. The molecule has 0 aliphatic rings. The minimum Gasteiger partial charge on any atom is -0.330 e. The van der Waals surface area contributed by atoms with Crippen molar-refractivity contribution in [3.63, 3.8) is 0 Å². The van der Waals surface area contributed by atoms with Crippen LogP contribution in [-0.4, -0.2) is 15.9 Å².